The number of hydrogen-bond donors (Lipinski definition) is 0. The Morgan fingerprint density at radius 2 is 1.47 bits per heavy atom. The van der Waals surface area contributed by atoms with Crippen molar-refractivity contribution in [2.75, 3.05) is 0 Å². The lowest BCUT2D eigenvalue weighted by atomic mass is 9.96. The van der Waals surface area contributed by atoms with Gasteiger partial charge in [-0.15, -0.1) is 0 Å². The van der Waals surface area contributed by atoms with Crippen molar-refractivity contribution in [2.45, 2.75) is 68.8 Å². The van der Waals surface area contributed by atoms with Gasteiger partial charge >= 0.3 is 0 Å². The second kappa shape index (κ2) is 3.41. The molecule has 1 aliphatic carbocycles. The third-order valence-electron chi connectivity index (χ3n) is 3.65. The fourth-order valence-electron chi connectivity index (χ4n) is 3.24. The molecule has 2 aliphatic rings. The average Bonchev–Trinajstić information content (AvgIpc) is 2.53. The normalized spacial score (nSPS) is 29.4. The Hall–Kier alpha value is 0.824. The lowest BCUT2D eigenvalue weighted by Gasteiger charge is -2.38. The van der Waals surface area contributed by atoms with E-state index in [1.54, 1.807) is 0 Å². The summed E-state index contributed by atoms with van der Waals surface area (Å²) in [6.45, 7) is 15.3. The zero-order valence-corrected chi connectivity index (χ0v) is 13.9. The molecule has 4 heteroatoms. The van der Waals surface area contributed by atoms with Gasteiger partial charge in [0.2, 0.25) is 0 Å². The van der Waals surface area contributed by atoms with Crippen LogP contribution in [0.25, 0.3) is 0 Å². The summed E-state index contributed by atoms with van der Waals surface area (Å²) in [5, 5.41) is 0.459. The Kier molecular flexibility index (Phi) is 2.79. The Balaban J connectivity index is 2.15. The predicted octanol–water partition coefficient (Wildman–Crippen LogP) is 4.42. The summed E-state index contributed by atoms with van der Waals surface area (Å²) < 4.78 is 6.19. The maximum Gasteiger partial charge on any atom is 0.116 e. The minimum atomic E-state index is -1.03. The van der Waals surface area contributed by atoms with Crippen LogP contribution in [0.4, 0.5) is 0 Å². The zero-order chi connectivity index (χ0) is 11.5. The van der Waals surface area contributed by atoms with Crippen molar-refractivity contribution in [1.82, 2.24) is 0 Å². The van der Waals surface area contributed by atoms with Crippen LogP contribution in [0, 0.1) is 0 Å². The van der Waals surface area contributed by atoms with Crippen molar-refractivity contribution in [2.24, 2.45) is 0 Å². The first-order chi connectivity index (χ1) is 6.67. The molecule has 0 radical (unpaired) electrons. The van der Waals surface area contributed by atoms with Gasteiger partial charge in [-0.3, -0.25) is 0 Å². The van der Waals surface area contributed by atoms with Crippen LogP contribution in [0.2, 0.25) is 39.3 Å². The van der Waals surface area contributed by atoms with Crippen LogP contribution in [-0.2, 0) is 4.52 Å². The van der Waals surface area contributed by atoms with Crippen molar-refractivity contribution >= 4 is 24.3 Å². The molecule has 1 spiro atoms. The highest BCUT2D eigenvalue weighted by molar-refractivity contribution is 7.67. The number of rotatable bonds is 3. The van der Waals surface area contributed by atoms with Gasteiger partial charge < -0.3 is 4.52 Å². The van der Waals surface area contributed by atoms with E-state index in [1.807, 2.05) is 0 Å². The minimum absolute atomic E-state index is 0.0253. The van der Waals surface area contributed by atoms with Crippen molar-refractivity contribution < 1.29 is 4.52 Å². The van der Waals surface area contributed by atoms with E-state index in [2.05, 4.69) is 39.3 Å². The Morgan fingerprint density at radius 1 is 1.00 bits per heavy atom. The molecule has 1 unspecified atom stereocenters. The van der Waals surface area contributed by atoms with Gasteiger partial charge in [-0.1, -0.05) is 39.3 Å². The monoisotopic (exact) mass is 260 g/mol. The van der Waals surface area contributed by atoms with Gasteiger partial charge in [0.15, 0.2) is 0 Å². The van der Waals surface area contributed by atoms with Crippen molar-refractivity contribution in [3.63, 3.8) is 0 Å². The summed E-state index contributed by atoms with van der Waals surface area (Å²) in [6.07, 6.45) is 4.18. The van der Waals surface area contributed by atoms with Crippen LogP contribution in [-0.4, -0.2) is 26.4 Å². The van der Waals surface area contributed by atoms with Crippen LogP contribution < -0.4 is 0 Å². The van der Waals surface area contributed by atoms with E-state index in [9.17, 15) is 0 Å². The molecular formula is C11H25OPSi2. The minimum Gasteiger partial charge on any atom is -0.343 e. The lowest BCUT2D eigenvalue weighted by Crippen LogP contribution is -2.52. The van der Waals surface area contributed by atoms with Crippen LogP contribution in [0.5, 0.6) is 0 Å². The van der Waals surface area contributed by atoms with Crippen LogP contribution in [0.15, 0.2) is 0 Å². The van der Waals surface area contributed by atoms with Crippen LogP contribution >= 0.6 is 8.15 Å². The molecular weight excluding hydrogens is 235 g/mol. The van der Waals surface area contributed by atoms with E-state index in [4.69, 9.17) is 4.52 Å². The molecule has 15 heavy (non-hydrogen) atoms. The molecule has 0 bridgehead atoms. The van der Waals surface area contributed by atoms with E-state index in [0.717, 1.165) is 4.91 Å². The van der Waals surface area contributed by atoms with Gasteiger partial charge in [-0.05, 0) is 24.2 Å². The summed E-state index contributed by atoms with van der Waals surface area (Å²) >= 11 is 0. The van der Waals surface area contributed by atoms with Crippen LogP contribution in [0.3, 0.4) is 0 Å². The Morgan fingerprint density at radius 3 is 1.67 bits per heavy atom. The van der Waals surface area contributed by atoms with E-state index in [1.165, 1.54) is 19.3 Å². The molecule has 0 amide bonds. The van der Waals surface area contributed by atoms with E-state index < -0.39 is 16.1 Å². The van der Waals surface area contributed by atoms with E-state index >= 15 is 0 Å². The van der Waals surface area contributed by atoms with Crippen molar-refractivity contribution in [1.29, 1.82) is 0 Å². The first kappa shape index (κ1) is 12.3. The molecule has 0 aromatic carbocycles. The molecule has 0 aromatic heterocycles. The Bertz CT molecular complexity index is 249. The maximum atomic E-state index is 6.19. The summed E-state index contributed by atoms with van der Waals surface area (Å²) in [5.74, 6) is 0. The van der Waals surface area contributed by atoms with Gasteiger partial charge in [0.05, 0.1) is 24.3 Å². The molecule has 1 aliphatic heterocycles. The summed E-state index contributed by atoms with van der Waals surface area (Å²) in [4.78, 5) is 1.01. The summed E-state index contributed by atoms with van der Waals surface area (Å²) in [7, 11) is -2.08. The van der Waals surface area contributed by atoms with Gasteiger partial charge in [-0.25, -0.2) is 0 Å². The maximum absolute atomic E-state index is 6.19. The smallest absolute Gasteiger partial charge is 0.116 e. The van der Waals surface area contributed by atoms with E-state index in [-0.39, 0.29) is 8.15 Å². The molecule has 1 nitrogen and oxygen atoms in total. The second-order valence-corrected chi connectivity index (χ2v) is 21.7. The molecule has 0 N–H and O–H groups in total. The summed E-state index contributed by atoms with van der Waals surface area (Å²) in [5.41, 5.74) is 0. The lowest BCUT2D eigenvalue weighted by molar-refractivity contribution is 0.202. The molecule has 1 saturated heterocycles. The molecule has 1 atom stereocenters. The molecule has 1 heterocycles. The van der Waals surface area contributed by atoms with Crippen LogP contribution in [0.1, 0.15) is 19.3 Å². The SMILES string of the molecule is C[Si](C)(C)C(P1OC12CCC2)[Si](C)(C)C. The molecule has 88 valence electrons. The topological polar surface area (TPSA) is 12.5 Å². The van der Waals surface area contributed by atoms with E-state index in [0.29, 0.717) is 5.34 Å². The highest BCUT2D eigenvalue weighted by atomic mass is 31.2. The predicted molar refractivity (Wildman–Crippen MR) is 75.1 cm³/mol. The largest absolute Gasteiger partial charge is 0.343 e. The quantitative estimate of drug-likeness (QED) is 0.416. The second-order valence-electron chi connectivity index (χ2n) is 7.35. The molecule has 2 fully saturated rings. The fraction of sp³-hybridized carbons (Fsp3) is 1.00. The third-order valence-corrected chi connectivity index (χ3v) is 20.4. The first-order valence-corrected chi connectivity index (χ1v) is 14.6. The first-order valence-electron chi connectivity index (χ1n) is 6.15. The summed E-state index contributed by atoms with van der Waals surface area (Å²) in [6, 6.07) is 0. The number of hydrogen-bond acceptors (Lipinski definition) is 1. The van der Waals surface area contributed by atoms with Gasteiger partial charge in [0, 0.05) is 0 Å². The zero-order valence-electron chi connectivity index (χ0n) is 11.1. The highest BCUT2D eigenvalue weighted by Crippen LogP contribution is 2.82. The third kappa shape index (κ3) is 2.13. The van der Waals surface area contributed by atoms with Crippen molar-refractivity contribution in [3.8, 4) is 0 Å². The van der Waals surface area contributed by atoms with Gasteiger partial charge in [0.1, 0.15) is 5.34 Å². The molecule has 1 saturated carbocycles. The van der Waals surface area contributed by atoms with Crippen molar-refractivity contribution in [3.05, 3.63) is 0 Å². The highest BCUT2D eigenvalue weighted by Gasteiger charge is 2.66. The molecule has 0 aromatic rings. The van der Waals surface area contributed by atoms with Gasteiger partial charge in [0.25, 0.3) is 0 Å². The molecule has 2 rings (SSSR count). The standard InChI is InChI=1S/C11H25OPSi2/c1-14(2,3)10(15(4,5)6)13-11(12-13)8-7-9-11/h10H,7-9H2,1-6H3. The Labute approximate surface area is 97.8 Å². The van der Waals surface area contributed by atoms with Gasteiger partial charge in [-0.2, -0.15) is 0 Å². The fourth-order valence-corrected chi connectivity index (χ4v) is 23.0. The average molecular weight is 260 g/mol.